The number of allylic oxidation sites excluding steroid dienone is 1. The van der Waals surface area contributed by atoms with E-state index in [0.29, 0.717) is 22.3 Å². The molecule has 0 radical (unpaired) electrons. The number of Topliss-reactive ketones (excluding diaryl/α,β-unsaturated/α-hetero) is 2. The van der Waals surface area contributed by atoms with E-state index in [4.69, 9.17) is 4.74 Å². The summed E-state index contributed by atoms with van der Waals surface area (Å²) in [5, 5.41) is 2.53. The second-order valence-corrected chi connectivity index (χ2v) is 6.16. The Balaban J connectivity index is 2.18. The highest BCUT2D eigenvalue weighted by molar-refractivity contribution is 6.26. The van der Waals surface area contributed by atoms with Crippen molar-refractivity contribution >= 4 is 17.7 Å². The molecular formula is C17H19NO4. The molecular weight excluding hydrogens is 282 g/mol. The minimum Gasteiger partial charge on any atom is -0.444 e. The van der Waals surface area contributed by atoms with Crippen molar-refractivity contribution in [2.45, 2.75) is 33.3 Å². The Labute approximate surface area is 129 Å². The van der Waals surface area contributed by atoms with Crippen LogP contribution < -0.4 is 5.32 Å². The Morgan fingerprint density at radius 1 is 1.09 bits per heavy atom. The van der Waals surface area contributed by atoms with Crippen LogP contribution in [0.2, 0.25) is 0 Å². The smallest absolute Gasteiger partial charge is 0.407 e. The van der Waals surface area contributed by atoms with Gasteiger partial charge in [-0.2, -0.15) is 0 Å². The molecule has 2 rings (SSSR count). The van der Waals surface area contributed by atoms with Gasteiger partial charge in [0, 0.05) is 22.3 Å². The molecule has 5 nitrogen and oxygen atoms in total. The van der Waals surface area contributed by atoms with Gasteiger partial charge in [0.05, 0.1) is 6.54 Å². The molecule has 22 heavy (non-hydrogen) atoms. The van der Waals surface area contributed by atoms with E-state index in [-0.39, 0.29) is 18.1 Å². The Morgan fingerprint density at radius 3 is 2.18 bits per heavy atom. The lowest BCUT2D eigenvalue weighted by atomic mass is 9.84. The van der Waals surface area contributed by atoms with Crippen molar-refractivity contribution in [3.63, 3.8) is 0 Å². The second kappa shape index (κ2) is 5.75. The van der Waals surface area contributed by atoms with Gasteiger partial charge in [0.15, 0.2) is 11.6 Å². The molecule has 1 amide bonds. The molecule has 0 fully saturated rings. The van der Waals surface area contributed by atoms with Gasteiger partial charge >= 0.3 is 6.09 Å². The zero-order valence-electron chi connectivity index (χ0n) is 13.1. The Bertz CT molecular complexity index is 680. The maximum absolute atomic E-state index is 12.5. The van der Waals surface area contributed by atoms with Gasteiger partial charge < -0.3 is 10.1 Å². The molecule has 1 aliphatic rings. The molecule has 1 aromatic carbocycles. The summed E-state index contributed by atoms with van der Waals surface area (Å²) in [6.07, 6.45) is -0.619. The summed E-state index contributed by atoms with van der Waals surface area (Å²) >= 11 is 0. The summed E-state index contributed by atoms with van der Waals surface area (Å²) in [5.41, 5.74) is 0.825. The fourth-order valence-electron chi connectivity index (χ4n) is 2.24. The average Bonchev–Trinajstić information content (AvgIpc) is 2.43. The number of nitrogens with one attached hydrogen (secondary N) is 1. The lowest BCUT2D eigenvalue weighted by Crippen LogP contribution is -2.36. The van der Waals surface area contributed by atoms with Crippen molar-refractivity contribution < 1.29 is 19.1 Å². The molecule has 0 aliphatic heterocycles. The summed E-state index contributed by atoms with van der Waals surface area (Å²) in [6, 6.07) is 6.69. The predicted molar refractivity (Wildman–Crippen MR) is 82.0 cm³/mol. The van der Waals surface area contributed by atoms with Crippen LogP contribution in [0.5, 0.6) is 0 Å². The molecule has 5 heteroatoms. The minimum absolute atomic E-state index is 0.0281. The number of ether oxygens (including phenoxy) is 1. The summed E-state index contributed by atoms with van der Waals surface area (Å²) in [6.45, 7) is 6.83. The molecule has 0 bridgehead atoms. The van der Waals surface area contributed by atoms with Gasteiger partial charge in [0.25, 0.3) is 0 Å². The van der Waals surface area contributed by atoms with E-state index in [2.05, 4.69) is 5.32 Å². The third-order valence-corrected chi connectivity index (χ3v) is 3.29. The fourth-order valence-corrected chi connectivity index (χ4v) is 2.24. The topological polar surface area (TPSA) is 72.5 Å². The number of hydrogen-bond acceptors (Lipinski definition) is 4. The van der Waals surface area contributed by atoms with E-state index in [0.717, 1.165) is 0 Å². The quantitative estimate of drug-likeness (QED) is 0.911. The monoisotopic (exact) mass is 301 g/mol. The molecule has 0 spiro atoms. The number of carbonyl (C=O) groups excluding carboxylic acids is 3. The van der Waals surface area contributed by atoms with Gasteiger partial charge in [-0.3, -0.25) is 9.59 Å². The molecule has 1 aliphatic carbocycles. The second-order valence-electron chi connectivity index (χ2n) is 6.16. The van der Waals surface area contributed by atoms with Crippen LogP contribution in [0.3, 0.4) is 0 Å². The highest BCUT2D eigenvalue weighted by atomic mass is 16.6. The first-order valence-electron chi connectivity index (χ1n) is 7.06. The van der Waals surface area contributed by atoms with Gasteiger partial charge in [-0.05, 0) is 27.7 Å². The van der Waals surface area contributed by atoms with Gasteiger partial charge in [0.1, 0.15) is 5.60 Å². The third kappa shape index (κ3) is 3.24. The molecule has 0 aromatic heterocycles. The zero-order chi connectivity index (χ0) is 16.5. The van der Waals surface area contributed by atoms with Gasteiger partial charge in [0.2, 0.25) is 0 Å². The van der Waals surface area contributed by atoms with E-state index >= 15 is 0 Å². The average molecular weight is 301 g/mol. The van der Waals surface area contributed by atoms with Crippen molar-refractivity contribution in [1.82, 2.24) is 5.32 Å². The maximum atomic E-state index is 12.5. The van der Waals surface area contributed by atoms with Gasteiger partial charge in [-0.1, -0.05) is 24.3 Å². The van der Waals surface area contributed by atoms with E-state index < -0.39 is 11.7 Å². The van der Waals surface area contributed by atoms with Crippen molar-refractivity contribution in [2.24, 2.45) is 0 Å². The molecule has 0 saturated carbocycles. The molecule has 0 saturated heterocycles. The molecule has 0 heterocycles. The summed E-state index contributed by atoms with van der Waals surface area (Å²) in [4.78, 5) is 36.4. The number of benzene rings is 1. The van der Waals surface area contributed by atoms with Crippen molar-refractivity contribution in [3.05, 3.63) is 46.5 Å². The number of ketones is 2. The van der Waals surface area contributed by atoms with Crippen LogP contribution >= 0.6 is 0 Å². The third-order valence-electron chi connectivity index (χ3n) is 3.29. The largest absolute Gasteiger partial charge is 0.444 e. The van der Waals surface area contributed by atoms with Crippen LogP contribution in [0.4, 0.5) is 4.79 Å². The van der Waals surface area contributed by atoms with Crippen LogP contribution in [-0.4, -0.2) is 29.8 Å². The molecule has 1 N–H and O–H groups in total. The van der Waals surface area contributed by atoms with Crippen molar-refractivity contribution in [3.8, 4) is 0 Å². The summed E-state index contributed by atoms with van der Waals surface area (Å²) in [5.74, 6) is -0.417. The predicted octanol–water partition coefficient (Wildman–Crippen LogP) is 2.91. The number of fused-ring (bicyclic) bond motifs is 1. The minimum atomic E-state index is -0.619. The van der Waals surface area contributed by atoms with Crippen LogP contribution in [0.1, 0.15) is 48.4 Å². The van der Waals surface area contributed by atoms with E-state index in [1.807, 2.05) is 0 Å². The summed E-state index contributed by atoms with van der Waals surface area (Å²) < 4.78 is 5.13. The standard InChI is InChI=1S/C17H19NO4/c1-10-13(9-18-16(21)22-17(2,3)4)15(20)12-8-6-5-7-11(12)14(10)19/h5-8H,9H2,1-4H3,(H,18,21). The van der Waals surface area contributed by atoms with Gasteiger partial charge in [-0.15, -0.1) is 0 Å². The number of rotatable bonds is 2. The SMILES string of the molecule is CC1=C(CNC(=O)OC(C)(C)C)C(=O)c2ccccc2C1=O. The lowest BCUT2D eigenvalue weighted by molar-refractivity contribution is 0.0532. The highest BCUT2D eigenvalue weighted by Gasteiger charge is 2.29. The number of amides is 1. The number of hydrogen-bond donors (Lipinski definition) is 1. The van der Waals surface area contributed by atoms with E-state index in [1.165, 1.54) is 0 Å². The van der Waals surface area contributed by atoms with E-state index in [9.17, 15) is 14.4 Å². The maximum Gasteiger partial charge on any atom is 0.407 e. The number of carbonyl (C=O) groups is 3. The van der Waals surface area contributed by atoms with Crippen molar-refractivity contribution in [2.75, 3.05) is 6.54 Å². The molecule has 116 valence electrons. The lowest BCUT2D eigenvalue weighted by Gasteiger charge is -2.22. The molecule has 1 aromatic rings. The summed E-state index contributed by atoms with van der Waals surface area (Å²) in [7, 11) is 0. The fraction of sp³-hybridized carbons (Fsp3) is 0.353. The van der Waals surface area contributed by atoms with Gasteiger partial charge in [-0.25, -0.2) is 4.79 Å². The van der Waals surface area contributed by atoms with E-state index in [1.54, 1.807) is 52.0 Å². The molecule has 0 atom stereocenters. The normalized spacial score (nSPS) is 14.7. The first kappa shape index (κ1) is 15.9. The van der Waals surface area contributed by atoms with Crippen molar-refractivity contribution in [1.29, 1.82) is 0 Å². The number of alkyl carbamates (subject to hydrolysis) is 1. The first-order chi connectivity index (χ1) is 10.2. The van der Waals surface area contributed by atoms with Crippen LogP contribution in [-0.2, 0) is 4.74 Å². The Kier molecular flexibility index (Phi) is 4.17. The van der Waals surface area contributed by atoms with Crippen LogP contribution in [0, 0.1) is 0 Å². The van der Waals surface area contributed by atoms with Crippen LogP contribution in [0.15, 0.2) is 35.4 Å². The zero-order valence-corrected chi connectivity index (χ0v) is 13.1. The Morgan fingerprint density at radius 2 is 1.64 bits per heavy atom. The van der Waals surface area contributed by atoms with Crippen LogP contribution in [0.25, 0.3) is 0 Å². The highest BCUT2D eigenvalue weighted by Crippen LogP contribution is 2.25. The first-order valence-corrected chi connectivity index (χ1v) is 7.06. The Hall–Kier alpha value is -2.43. The molecule has 0 unspecified atom stereocenters.